The second-order valence-corrected chi connectivity index (χ2v) is 7.28. The average Bonchev–Trinajstić information content (AvgIpc) is 3.21. The zero-order chi connectivity index (χ0) is 18.1. The summed E-state index contributed by atoms with van der Waals surface area (Å²) >= 11 is 5.98. The van der Waals surface area contributed by atoms with E-state index in [1.807, 2.05) is 35.2 Å². The molecule has 4 rings (SSSR count). The van der Waals surface area contributed by atoms with Gasteiger partial charge in [0.15, 0.2) is 0 Å². The number of fused-ring (bicyclic) bond motifs is 1. The van der Waals surface area contributed by atoms with Gasteiger partial charge in [-0.05, 0) is 42.8 Å². The van der Waals surface area contributed by atoms with Crippen molar-refractivity contribution in [3.05, 3.63) is 59.4 Å². The zero-order valence-electron chi connectivity index (χ0n) is 14.9. The van der Waals surface area contributed by atoms with E-state index in [0.29, 0.717) is 18.0 Å². The summed E-state index contributed by atoms with van der Waals surface area (Å²) in [4.78, 5) is 19.4. The molecule has 3 aromatic rings. The van der Waals surface area contributed by atoms with Crippen LogP contribution >= 0.6 is 11.6 Å². The van der Waals surface area contributed by atoms with E-state index in [1.165, 1.54) is 0 Å². The third kappa shape index (κ3) is 3.10. The third-order valence-corrected chi connectivity index (χ3v) is 5.30. The fourth-order valence-corrected chi connectivity index (χ4v) is 3.83. The summed E-state index contributed by atoms with van der Waals surface area (Å²) in [6.07, 6.45) is 2.74. The molecule has 0 radical (unpaired) electrons. The predicted octanol–water partition coefficient (Wildman–Crippen LogP) is 5.01. The number of anilines is 1. The number of imidazole rings is 1. The molecule has 1 amide bonds. The summed E-state index contributed by atoms with van der Waals surface area (Å²) < 4.78 is 2.31. The fourth-order valence-electron chi connectivity index (χ4n) is 3.71. The van der Waals surface area contributed by atoms with E-state index in [9.17, 15) is 4.79 Å². The van der Waals surface area contributed by atoms with Crippen molar-refractivity contribution in [2.45, 2.75) is 38.6 Å². The first-order valence-corrected chi connectivity index (χ1v) is 9.56. The standard InChI is InChI=1S/C21H22ClN3O/c1-2-3-12-24-19-7-5-4-6-18(19)23-21(24)15-13-20(26)25(14-15)17-10-8-16(22)9-11-17/h4-11,15H,2-3,12-14H2,1H3. The van der Waals surface area contributed by atoms with Crippen molar-refractivity contribution >= 4 is 34.2 Å². The van der Waals surface area contributed by atoms with Crippen LogP contribution in [0.5, 0.6) is 0 Å². The Bertz CT molecular complexity index is 932. The van der Waals surface area contributed by atoms with E-state index >= 15 is 0 Å². The molecular weight excluding hydrogens is 346 g/mol. The predicted molar refractivity (Wildman–Crippen MR) is 106 cm³/mol. The molecule has 26 heavy (non-hydrogen) atoms. The van der Waals surface area contributed by atoms with Crippen LogP contribution in [-0.2, 0) is 11.3 Å². The lowest BCUT2D eigenvalue weighted by Gasteiger charge is -2.17. The summed E-state index contributed by atoms with van der Waals surface area (Å²) in [5.74, 6) is 1.29. The summed E-state index contributed by atoms with van der Waals surface area (Å²) in [5, 5.41) is 0.679. The minimum absolute atomic E-state index is 0.113. The highest BCUT2D eigenvalue weighted by Gasteiger charge is 2.34. The van der Waals surface area contributed by atoms with Gasteiger partial charge in [-0.15, -0.1) is 0 Å². The number of hydrogen-bond acceptors (Lipinski definition) is 2. The van der Waals surface area contributed by atoms with Crippen LogP contribution in [0.4, 0.5) is 5.69 Å². The minimum atomic E-state index is 0.113. The maximum Gasteiger partial charge on any atom is 0.227 e. The zero-order valence-corrected chi connectivity index (χ0v) is 15.6. The lowest BCUT2D eigenvalue weighted by atomic mass is 10.1. The first kappa shape index (κ1) is 17.1. The molecule has 1 fully saturated rings. The Labute approximate surface area is 158 Å². The van der Waals surface area contributed by atoms with Crippen LogP contribution in [0.15, 0.2) is 48.5 Å². The average molecular weight is 368 g/mol. The minimum Gasteiger partial charge on any atom is -0.328 e. The maximum absolute atomic E-state index is 12.6. The number of aromatic nitrogens is 2. The Hall–Kier alpha value is -2.33. The molecule has 1 saturated heterocycles. The lowest BCUT2D eigenvalue weighted by Crippen LogP contribution is -2.24. The molecule has 2 aromatic carbocycles. The number of para-hydroxylation sites is 2. The van der Waals surface area contributed by atoms with Crippen LogP contribution in [0.25, 0.3) is 11.0 Å². The monoisotopic (exact) mass is 367 g/mol. The molecule has 1 aromatic heterocycles. The molecule has 0 N–H and O–H groups in total. The molecule has 134 valence electrons. The number of hydrogen-bond donors (Lipinski definition) is 0. The van der Waals surface area contributed by atoms with Gasteiger partial charge in [-0.1, -0.05) is 37.1 Å². The number of aryl methyl sites for hydroxylation is 1. The van der Waals surface area contributed by atoms with E-state index in [2.05, 4.69) is 29.7 Å². The first-order valence-electron chi connectivity index (χ1n) is 9.18. The van der Waals surface area contributed by atoms with Gasteiger partial charge in [0.1, 0.15) is 5.82 Å². The van der Waals surface area contributed by atoms with E-state index in [4.69, 9.17) is 16.6 Å². The number of amides is 1. The van der Waals surface area contributed by atoms with Gasteiger partial charge in [0, 0.05) is 36.1 Å². The van der Waals surface area contributed by atoms with Crippen molar-refractivity contribution in [1.82, 2.24) is 9.55 Å². The number of rotatable bonds is 5. The second-order valence-electron chi connectivity index (χ2n) is 6.85. The van der Waals surface area contributed by atoms with Gasteiger partial charge in [0.25, 0.3) is 0 Å². The molecule has 0 bridgehead atoms. The van der Waals surface area contributed by atoms with Gasteiger partial charge in [0.05, 0.1) is 11.0 Å². The number of benzene rings is 2. The molecule has 1 aliphatic rings. The Morgan fingerprint density at radius 1 is 1.15 bits per heavy atom. The highest BCUT2D eigenvalue weighted by Crippen LogP contribution is 2.33. The SMILES string of the molecule is CCCCn1c(C2CC(=O)N(c3ccc(Cl)cc3)C2)nc2ccccc21. The normalized spacial score (nSPS) is 17.4. The molecule has 0 spiro atoms. The number of nitrogens with zero attached hydrogens (tertiary/aromatic N) is 3. The second kappa shape index (κ2) is 7.12. The van der Waals surface area contributed by atoms with Crippen LogP contribution in [0.1, 0.15) is 37.9 Å². The van der Waals surface area contributed by atoms with Crippen LogP contribution in [0.3, 0.4) is 0 Å². The summed E-state index contributed by atoms with van der Waals surface area (Å²) in [5.41, 5.74) is 3.07. The Balaban J connectivity index is 1.67. The van der Waals surface area contributed by atoms with E-state index in [-0.39, 0.29) is 11.8 Å². The largest absolute Gasteiger partial charge is 0.328 e. The molecule has 5 heteroatoms. The van der Waals surface area contributed by atoms with Gasteiger partial charge < -0.3 is 9.47 Å². The summed E-state index contributed by atoms with van der Waals surface area (Å²) in [6.45, 7) is 3.80. The Morgan fingerprint density at radius 3 is 2.69 bits per heavy atom. The van der Waals surface area contributed by atoms with Crippen molar-refractivity contribution in [3.8, 4) is 0 Å². The lowest BCUT2D eigenvalue weighted by molar-refractivity contribution is -0.117. The van der Waals surface area contributed by atoms with Crippen LogP contribution in [-0.4, -0.2) is 22.0 Å². The third-order valence-electron chi connectivity index (χ3n) is 5.05. The number of halogens is 1. The maximum atomic E-state index is 12.6. The fraction of sp³-hybridized carbons (Fsp3) is 0.333. The summed E-state index contributed by atoms with van der Waals surface area (Å²) in [7, 11) is 0. The molecule has 1 aliphatic heterocycles. The van der Waals surface area contributed by atoms with Gasteiger partial charge >= 0.3 is 0 Å². The molecular formula is C21H22ClN3O. The van der Waals surface area contributed by atoms with Crippen molar-refractivity contribution in [1.29, 1.82) is 0 Å². The van der Waals surface area contributed by atoms with Crippen LogP contribution in [0.2, 0.25) is 5.02 Å². The Kier molecular flexibility index (Phi) is 4.68. The molecule has 0 aliphatic carbocycles. The molecule has 1 unspecified atom stereocenters. The van der Waals surface area contributed by atoms with Gasteiger partial charge in [-0.2, -0.15) is 0 Å². The van der Waals surface area contributed by atoms with Crippen molar-refractivity contribution in [2.75, 3.05) is 11.4 Å². The van der Waals surface area contributed by atoms with Crippen molar-refractivity contribution in [2.24, 2.45) is 0 Å². The molecule has 4 nitrogen and oxygen atoms in total. The van der Waals surface area contributed by atoms with E-state index < -0.39 is 0 Å². The molecule has 0 saturated carbocycles. The molecule has 1 atom stereocenters. The van der Waals surface area contributed by atoms with Crippen LogP contribution < -0.4 is 4.90 Å². The summed E-state index contributed by atoms with van der Waals surface area (Å²) in [6, 6.07) is 15.7. The smallest absolute Gasteiger partial charge is 0.227 e. The van der Waals surface area contributed by atoms with Crippen LogP contribution in [0, 0.1) is 0 Å². The number of carbonyl (C=O) groups is 1. The highest BCUT2D eigenvalue weighted by molar-refractivity contribution is 6.30. The van der Waals surface area contributed by atoms with E-state index in [1.54, 1.807) is 0 Å². The topological polar surface area (TPSA) is 38.1 Å². The molecule has 2 heterocycles. The number of carbonyl (C=O) groups excluding carboxylic acids is 1. The number of unbranched alkanes of at least 4 members (excludes halogenated alkanes) is 1. The highest BCUT2D eigenvalue weighted by atomic mass is 35.5. The Morgan fingerprint density at radius 2 is 1.92 bits per heavy atom. The van der Waals surface area contributed by atoms with Crippen molar-refractivity contribution in [3.63, 3.8) is 0 Å². The van der Waals surface area contributed by atoms with Crippen molar-refractivity contribution < 1.29 is 4.79 Å². The van der Waals surface area contributed by atoms with Gasteiger partial charge in [-0.25, -0.2) is 4.98 Å². The first-order chi connectivity index (χ1) is 12.7. The van der Waals surface area contributed by atoms with E-state index in [0.717, 1.165) is 41.9 Å². The quantitative estimate of drug-likeness (QED) is 0.635. The van der Waals surface area contributed by atoms with Gasteiger partial charge in [0.2, 0.25) is 5.91 Å². The van der Waals surface area contributed by atoms with Gasteiger partial charge in [-0.3, -0.25) is 4.79 Å².